The number of carbonyl (C=O) groups excluding carboxylic acids is 1. The van der Waals surface area contributed by atoms with Gasteiger partial charge in [-0.3, -0.25) is 0 Å². The van der Waals surface area contributed by atoms with Gasteiger partial charge in [0.25, 0.3) is 0 Å². The van der Waals surface area contributed by atoms with Gasteiger partial charge in [-0.15, -0.1) is 0 Å². The molecule has 0 spiro atoms. The normalized spacial score (nSPS) is 19.5. The lowest BCUT2D eigenvalue weighted by molar-refractivity contribution is 0.125. The van der Waals surface area contributed by atoms with Crippen molar-refractivity contribution in [1.82, 2.24) is 20.2 Å². The fraction of sp³-hybridized carbons (Fsp3) is 0.444. The molecule has 0 bridgehead atoms. The molecule has 0 radical (unpaired) electrons. The Morgan fingerprint density at radius 2 is 2.08 bits per heavy atom. The number of ether oxygens (including phenoxy) is 1. The van der Waals surface area contributed by atoms with Gasteiger partial charge in [-0.1, -0.05) is 30.3 Å². The number of hydrogen-bond acceptors (Lipinski definition) is 4. The van der Waals surface area contributed by atoms with Crippen LogP contribution in [0.2, 0.25) is 0 Å². The summed E-state index contributed by atoms with van der Waals surface area (Å²) in [5.74, 6) is 1.08. The number of nitrogens with zero attached hydrogens (tertiary/aromatic N) is 2. The van der Waals surface area contributed by atoms with Crippen LogP contribution in [0.4, 0.5) is 4.79 Å². The second-order valence-electron chi connectivity index (χ2n) is 6.23. The standard InChI is InChI=1S/C18H24N4O2/c1-22-10-9-20-17(22)7-8-19-15-11-16(12-15)21-18(23)24-13-14-5-3-2-4-6-14/h2-6,9-10,15-16,19H,7-8,11-13H2,1H3,(H,21,23). The lowest BCUT2D eigenvalue weighted by Crippen LogP contribution is -2.52. The topological polar surface area (TPSA) is 68.2 Å². The van der Waals surface area contributed by atoms with Crippen molar-refractivity contribution in [2.45, 2.75) is 38.0 Å². The van der Waals surface area contributed by atoms with Crippen LogP contribution in [-0.2, 0) is 24.8 Å². The quantitative estimate of drug-likeness (QED) is 0.816. The van der Waals surface area contributed by atoms with E-state index in [1.54, 1.807) is 0 Å². The van der Waals surface area contributed by atoms with Crippen LogP contribution in [0.25, 0.3) is 0 Å². The van der Waals surface area contributed by atoms with E-state index in [0.717, 1.165) is 37.2 Å². The SMILES string of the molecule is Cn1ccnc1CCNC1CC(NC(=O)OCc2ccccc2)C1. The minimum Gasteiger partial charge on any atom is -0.445 e. The number of benzene rings is 1. The molecule has 1 fully saturated rings. The average Bonchev–Trinajstić information content (AvgIpc) is 2.96. The van der Waals surface area contributed by atoms with Gasteiger partial charge in [-0.2, -0.15) is 0 Å². The van der Waals surface area contributed by atoms with Crippen LogP contribution < -0.4 is 10.6 Å². The fourth-order valence-corrected chi connectivity index (χ4v) is 2.86. The molecule has 1 amide bonds. The highest BCUT2D eigenvalue weighted by atomic mass is 16.5. The van der Waals surface area contributed by atoms with Gasteiger partial charge in [-0.25, -0.2) is 9.78 Å². The molecule has 1 saturated carbocycles. The number of hydrogen-bond donors (Lipinski definition) is 2. The van der Waals surface area contributed by atoms with Crippen LogP contribution in [-0.4, -0.2) is 34.3 Å². The van der Waals surface area contributed by atoms with E-state index in [0.29, 0.717) is 12.6 Å². The van der Waals surface area contributed by atoms with Gasteiger partial charge in [0.15, 0.2) is 0 Å². The summed E-state index contributed by atoms with van der Waals surface area (Å²) in [7, 11) is 2.01. The number of aryl methyl sites for hydroxylation is 1. The Kier molecular flexibility index (Phi) is 5.48. The molecule has 0 aliphatic heterocycles. The van der Waals surface area contributed by atoms with Gasteiger partial charge in [0, 0.05) is 44.5 Å². The van der Waals surface area contributed by atoms with Crippen molar-refractivity contribution >= 4 is 6.09 Å². The fourth-order valence-electron chi connectivity index (χ4n) is 2.86. The van der Waals surface area contributed by atoms with Crippen molar-refractivity contribution in [3.05, 3.63) is 54.1 Å². The van der Waals surface area contributed by atoms with Gasteiger partial charge in [0.05, 0.1) is 0 Å². The molecule has 2 aromatic rings. The van der Waals surface area contributed by atoms with Crippen LogP contribution >= 0.6 is 0 Å². The summed E-state index contributed by atoms with van der Waals surface area (Å²) in [6.07, 6.45) is 6.24. The molecule has 0 saturated heterocycles. The van der Waals surface area contributed by atoms with Crippen molar-refractivity contribution in [2.24, 2.45) is 7.05 Å². The number of amides is 1. The lowest BCUT2D eigenvalue weighted by Gasteiger charge is -2.36. The van der Waals surface area contributed by atoms with Crippen molar-refractivity contribution < 1.29 is 9.53 Å². The van der Waals surface area contributed by atoms with E-state index >= 15 is 0 Å². The minimum absolute atomic E-state index is 0.207. The Labute approximate surface area is 142 Å². The maximum absolute atomic E-state index is 11.8. The monoisotopic (exact) mass is 328 g/mol. The van der Waals surface area contributed by atoms with E-state index in [-0.39, 0.29) is 12.1 Å². The Bertz CT molecular complexity index is 650. The molecule has 1 aromatic carbocycles. The van der Waals surface area contributed by atoms with Crippen LogP contribution in [0.5, 0.6) is 0 Å². The van der Waals surface area contributed by atoms with Crippen molar-refractivity contribution in [2.75, 3.05) is 6.54 Å². The molecule has 128 valence electrons. The van der Waals surface area contributed by atoms with Gasteiger partial charge in [0.2, 0.25) is 0 Å². The summed E-state index contributed by atoms with van der Waals surface area (Å²) in [6, 6.07) is 10.4. The third-order valence-electron chi connectivity index (χ3n) is 4.38. The Hall–Kier alpha value is -2.34. The molecule has 0 atom stereocenters. The molecule has 1 aliphatic rings. The van der Waals surface area contributed by atoms with E-state index < -0.39 is 0 Å². The van der Waals surface area contributed by atoms with Gasteiger partial charge in [0.1, 0.15) is 12.4 Å². The summed E-state index contributed by atoms with van der Waals surface area (Å²) < 4.78 is 7.27. The average molecular weight is 328 g/mol. The van der Waals surface area contributed by atoms with Crippen molar-refractivity contribution in [3.8, 4) is 0 Å². The summed E-state index contributed by atoms with van der Waals surface area (Å²) in [6.45, 7) is 1.21. The van der Waals surface area contributed by atoms with Crippen LogP contribution in [0.3, 0.4) is 0 Å². The first-order chi connectivity index (χ1) is 11.7. The smallest absolute Gasteiger partial charge is 0.407 e. The second kappa shape index (κ2) is 7.97. The maximum atomic E-state index is 11.8. The second-order valence-corrected chi connectivity index (χ2v) is 6.23. The lowest BCUT2D eigenvalue weighted by atomic mass is 9.87. The Morgan fingerprint density at radius 1 is 1.29 bits per heavy atom. The molecule has 1 heterocycles. The highest BCUT2D eigenvalue weighted by Gasteiger charge is 2.30. The Morgan fingerprint density at radius 3 is 2.79 bits per heavy atom. The largest absolute Gasteiger partial charge is 0.445 e. The third-order valence-corrected chi connectivity index (χ3v) is 4.38. The van der Waals surface area contributed by atoms with Crippen LogP contribution in [0.15, 0.2) is 42.7 Å². The molecule has 24 heavy (non-hydrogen) atoms. The molecule has 6 heteroatoms. The van der Waals surface area contributed by atoms with E-state index in [1.165, 1.54) is 0 Å². The third kappa shape index (κ3) is 4.58. The summed E-state index contributed by atoms with van der Waals surface area (Å²) in [5, 5.41) is 6.41. The minimum atomic E-state index is -0.338. The molecule has 3 rings (SSSR count). The number of carbonyl (C=O) groups is 1. The van der Waals surface area contributed by atoms with Crippen molar-refractivity contribution in [1.29, 1.82) is 0 Å². The molecule has 6 nitrogen and oxygen atoms in total. The highest BCUT2D eigenvalue weighted by Crippen LogP contribution is 2.20. The number of alkyl carbamates (subject to hydrolysis) is 1. The molecule has 1 aromatic heterocycles. The molecule has 1 aliphatic carbocycles. The number of nitrogens with one attached hydrogen (secondary N) is 2. The van der Waals surface area contributed by atoms with Crippen LogP contribution in [0, 0.1) is 0 Å². The molecule has 2 N–H and O–H groups in total. The first-order valence-electron chi connectivity index (χ1n) is 8.37. The number of rotatable bonds is 7. The van der Waals surface area contributed by atoms with E-state index in [4.69, 9.17) is 4.74 Å². The summed E-state index contributed by atoms with van der Waals surface area (Å²) in [4.78, 5) is 16.1. The maximum Gasteiger partial charge on any atom is 0.407 e. The molecular weight excluding hydrogens is 304 g/mol. The first kappa shape index (κ1) is 16.5. The van der Waals surface area contributed by atoms with E-state index in [2.05, 4.69) is 15.6 Å². The summed E-state index contributed by atoms with van der Waals surface area (Å²) >= 11 is 0. The predicted molar refractivity (Wildman–Crippen MR) is 91.5 cm³/mol. The molecule has 0 unspecified atom stereocenters. The predicted octanol–water partition coefficient (Wildman–Crippen LogP) is 2.01. The van der Waals surface area contributed by atoms with Crippen molar-refractivity contribution in [3.63, 3.8) is 0 Å². The van der Waals surface area contributed by atoms with Crippen LogP contribution in [0.1, 0.15) is 24.2 Å². The first-order valence-corrected chi connectivity index (χ1v) is 8.37. The summed E-state index contributed by atoms with van der Waals surface area (Å²) in [5.41, 5.74) is 0.995. The Balaban J connectivity index is 1.27. The molecular formula is C18H24N4O2. The van der Waals surface area contributed by atoms with E-state index in [1.807, 2.05) is 54.3 Å². The zero-order valence-electron chi connectivity index (χ0n) is 13.9. The van der Waals surface area contributed by atoms with Gasteiger partial charge in [-0.05, 0) is 18.4 Å². The zero-order chi connectivity index (χ0) is 16.8. The number of imidazole rings is 1. The number of aromatic nitrogens is 2. The van der Waals surface area contributed by atoms with Gasteiger partial charge >= 0.3 is 6.09 Å². The van der Waals surface area contributed by atoms with E-state index in [9.17, 15) is 4.79 Å². The zero-order valence-corrected chi connectivity index (χ0v) is 13.9. The highest BCUT2D eigenvalue weighted by molar-refractivity contribution is 5.67. The van der Waals surface area contributed by atoms with Gasteiger partial charge < -0.3 is 19.9 Å².